The number of fused-ring (bicyclic) bond motifs is 1. The Kier molecular flexibility index (Phi) is 2.37. The maximum Gasteiger partial charge on any atom is 0.231 e. The summed E-state index contributed by atoms with van der Waals surface area (Å²) in [5.41, 5.74) is 6.78. The Morgan fingerprint density at radius 3 is 2.80 bits per heavy atom. The smallest absolute Gasteiger partial charge is 0.231 e. The van der Waals surface area contributed by atoms with Gasteiger partial charge >= 0.3 is 0 Å². The van der Waals surface area contributed by atoms with Crippen LogP contribution in [0.3, 0.4) is 0 Å². The Labute approximate surface area is 87.2 Å². The van der Waals surface area contributed by atoms with E-state index >= 15 is 0 Å². The van der Waals surface area contributed by atoms with Crippen LogP contribution in [0.25, 0.3) is 0 Å². The molecule has 0 aliphatic carbocycles. The molecule has 5 heteroatoms. The van der Waals surface area contributed by atoms with Gasteiger partial charge in [0.25, 0.3) is 0 Å². The van der Waals surface area contributed by atoms with E-state index in [1.165, 1.54) is 0 Å². The molecule has 0 unspecified atom stereocenters. The summed E-state index contributed by atoms with van der Waals surface area (Å²) >= 11 is 0. The Bertz CT molecular complexity index is 404. The fraction of sp³-hybridized carbons (Fsp3) is 0.300. The van der Waals surface area contributed by atoms with Crippen molar-refractivity contribution in [2.75, 3.05) is 17.8 Å². The quantitative estimate of drug-likeness (QED) is 0.719. The Morgan fingerprint density at radius 1 is 1.47 bits per heavy atom. The monoisotopic (exact) mass is 208 g/mol. The van der Waals surface area contributed by atoms with Crippen molar-refractivity contribution in [2.45, 2.75) is 13.3 Å². The molecule has 0 saturated heterocycles. The van der Waals surface area contributed by atoms with E-state index in [1.807, 2.05) is 0 Å². The number of carbonyl (C=O) groups excluding carboxylic acids is 1. The average Bonchev–Trinajstić information content (AvgIpc) is 2.65. The molecule has 0 bridgehead atoms. The topological polar surface area (TPSA) is 73.6 Å². The minimum Gasteiger partial charge on any atom is -0.454 e. The third-order valence-corrected chi connectivity index (χ3v) is 2.14. The molecule has 0 aromatic heterocycles. The van der Waals surface area contributed by atoms with Crippen LogP contribution in [0.15, 0.2) is 12.1 Å². The molecule has 1 aliphatic heterocycles. The summed E-state index contributed by atoms with van der Waals surface area (Å²) in [5.74, 6) is 1.14. The normalized spacial score (nSPS) is 12.6. The van der Waals surface area contributed by atoms with Crippen LogP contribution in [0.2, 0.25) is 0 Å². The number of hydrogen-bond acceptors (Lipinski definition) is 4. The number of nitrogen functional groups attached to an aromatic ring is 1. The van der Waals surface area contributed by atoms with Crippen molar-refractivity contribution < 1.29 is 14.3 Å². The molecule has 15 heavy (non-hydrogen) atoms. The van der Waals surface area contributed by atoms with Crippen molar-refractivity contribution in [3.63, 3.8) is 0 Å². The first kappa shape index (κ1) is 9.64. The lowest BCUT2D eigenvalue weighted by Crippen LogP contribution is -2.11. The van der Waals surface area contributed by atoms with Gasteiger partial charge in [-0.25, -0.2) is 0 Å². The molecule has 2 rings (SSSR count). The summed E-state index contributed by atoms with van der Waals surface area (Å²) in [6.07, 6.45) is 0.411. The van der Waals surface area contributed by atoms with Gasteiger partial charge in [-0.3, -0.25) is 4.79 Å². The zero-order valence-corrected chi connectivity index (χ0v) is 8.37. The standard InChI is InChI=1S/C10H12N2O3/c1-2-10(13)12-7-4-9-8(3-6(7)11)14-5-15-9/h3-4H,2,5,11H2,1H3,(H,12,13). The fourth-order valence-electron chi connectivity index (χ4n) is 1.30. The number of nitrogens with one attached hydrogen (secondary N) is 1. The average molecular weight is 208 g/mol. The van der Waals surface area contributed by atoms with E-state index in [0.717, 1.165) is 0 Å². The molecule has 80 valence electrons. The van der Waals surface area contributed by atoms with Gasteiger partial charge in [0.05, 0.1) is 11.4 Å². The van der Waals surface area contributed by atoms with Crippen LogP contribution in [0.1, 0.15) is 13.3 Å². The number of anilines is 2. The summed E-state index contributed by atoms with van der Waals surface area (Å²) in [5, 5.41) is 2.69. The molecule has 1 heterocycles. The summed E-state index contributed by atoms with van der Waals surface area (Å²) < 4.78 is 10.3. The van der Waals surface area contributed by atoms with Crippen LogP contribution in [-0.4, -0.2) is 12.7 Å². The predicted molar refractivity (Wildman–Crippen MR) is 55.9 cm³/mol. The van der Waals surface area contributed by atoms with Crippen molar-refractivity contribution >= 4 is 17.3 Å². The lowest BCUT2D eigenvalue weighted by molar-refractivity contribution is -0.115. The van der Waals surface area contributed by atoms with E-state index in [4.69, 9.17) is 15.2 Å². The number of hydrogen-bond donors (Lipinski definition) is 2. The minimum atomic E-state index is -0.0828. The molecule has 1 amide bonds. The molecular formula is C10H12N2O3. The fourth-order valence-corrected chi connectivity index (χ4v) is 1.30. The maximum atomic E-state index is 11.2. The Balaban J connectivity index is 2.28. The van der Waals surface area contributed by atoms with Crippen molar-refractivity contribution in [3.05, 3.63) is 12.1 Å². The second-order valence-corrected chi connectivity index (χ2v) is 3.19. The number of amides is 1. The summed E-state index contributed by atoms with van der Waals surface area (Å²) in [7, 11) is 0. The Hall–Kier alpha value is -1.91. The largest absolute Gasteiger partial charge is 0.454 e. The molecule has 0 fully saturated rings. The van der Waals surface area contributed by atoms with E-state index in [1.54, 1.807) is 19.1 Å². The molecular weight excluding hydrogens is 196 g/mol. The third kappa shape index (κ3) is 1.81. The first-order valence-corrected chi connectivity index (χ1v) is 4.69. The van der Waals surface area contributed by atoms with Gasteiger partial charge < -0.3 is 20.5 Å². The first-order chi connectivity index (χ1) is 7.20. The van der Waals surface area contributed by atoms with E-state index in [-0.39, 0.29) is 12.7 Å². The van der Waals surface area contributed by atoms with Gasteiger partial charge in [-0.15, -0.1) is 0 Å². The summed E-state index contributed by atoms with van der Waals surface area (Å²) in [6.45, 7) is 1.97. The second-order valence-electron chi connectivity index (χ2n) is 3.19. The molecule has 3 N–H and O–H groups in total. The SMILES string of the molecule is CCC(=O)Nc1cc2c(cc1N)OCO2. The molecule has 0 saturated carbocycles. The molecule has 0 atom stereocenters. The van der Waals surface area contributed by atoms with Gasteiger partial charge in [-0.1, -0.05) is 6.92 Å². The highest BCUT2D eigenvalue weighted by Gasteiger charge is 2.16. The van der Waals surface area contributed by atoms with Gasteiger partial charge in [0.2, 0.25) is 12.7 Å². The zero-order chi connectivity index (χ0) is 10.8. The lowest BCUT2D eigenvalue weighted by atomic mass is 10.2. The van der Waals surface area contributed by atoms with Crippen molar-refractivity contribution in [1.82, 2.24) is 0 Å². The molecule has 5 nitrogen and oxygen atoms in total. The number of nitrogens with two attached hydrogens (primary N) is 1. The highest BCUT2D eigenvalue weighted by molar-refractivity contribution is 5.94. The van der Waals surface area contributed by atoms with Crippen LogP contribution >= 0.6 is 0 Å². The van der Waals surface area contributed by atoms with Crippen LogP contribution in [-0.2, 0) is 4.79 Å². The summed E-state index contributed by atoms with van der Waals surface area (Å²) in [6, 6.07) is 3.32. The van der Waals surface area contributed by atoms with E-state index < -0.39 is 0 Å². The molecule has 0 spiro atoms. The van der Waals surface area contributed by atoms with E-state index in [2.05, 4.69) is 5.32 Å². The Morgan fingerprint density at radius 2 is 2.13 bits per heavy atom. The van der Waals surface area contributed by atoms with E-state index in [0.29, 0.717) is 29.3 Å². The van der Waals surface area contributed by atoms with Crippen molar-refractivity contribution in [1.29, 1.82) is 0 Å². The highest BCUT2D eigenvalue weighted by atomic mass is 16.7. The van der Waals surface area contributed by atoms with Gasteiger partial charge in [0, 0.05) is 18.6 Å². The van der Waals surface area contributed by atoms with Gasteiger partial charge in [-0.2, -0.15) is 0 Å². The molecule has 0 radical (unpaired) electrons. The minimum absolute atomic E-state index is 0.0828. The van der Waals surface area contributed by atoms with Crippen LogP contribution in [0, 0.1) is 0 Å². The molecule has 1 aromatic rings. The van der Waals surface area contributed by atoms with Crippen molar-refractivity contribution in [3.8, 4) is 11.5 Å². The van der Waals surface area contributed by atoms with Gasteiger partial charge in [0.15, 0.2) is 11.5 Å². The molecule has 1 aliphatic rings. The maximum absolute atomic E-state index is 11.2. The van der Waals surface area contributed by atoms with Crippen LogP contribution in [0.4, 0.5) is 11.4 Å². The lowest BCUT2D eigenvalue weighted by Gasteiger charge is -2.08. The second kappa shape index (κ2) is 3.68. The van der Waals surface area contributed by atoms with Gasteiger partial charge in [-0.05, 0) is 0 Å². The predicted octanol–water partition coefficient (Wildman–Crippen LogP) is 1.35. The number of carbonyl (C=O) groups is 1. The van der Waals surface area contributed by atoms with Crippen LogP contribution < -0.4 is 20.5 Å². The third-order valence-electron chi connectivity index (χ3n) is 2.14. The van der Waals surface area contributed by atoms with E-state index in [9.17, 15) is 4.79 Å². The zero-order valence-electron chi connectivity index (χ0n) is 8.37. The molecule has 1 aromatic carbocycles. The number of rotatable bonds is 2. The summed E-state index contributed by atoms with van der Waals surface area (Å²) in [4.78, 5) is 11.2. The van der Waals surface area contributed by atoms with Gasteiger partial charge in [0.1, 0.15) is 0 Å². The van der Waals surface area contributed by atoms with Crippen molar-refractivity contribution in [2.24, 2.45) is 0 Å². The number of ether oxygens (including phenoxy) is 2. The number of benzene rings is 1. The highest BCUT2D eigenvalue weighted by Crippen LogP contribution is 2.38. The van der Waals surface area contributed by atoms with Crippen LogP contribution in [0.5, 0.6) is 11.5 Å². The first-order valence-electron chi connectivity index (χ1n) is 4.69.